The molecule has 2 unspecified atom stereocenters. The molecular formula is C9H17KO4. The third-order valence-electron chi connectivity index (χ3n) is 2.15. The van der Waals surface area contributed by atoms with Gasteiger partial charge in [0.2, 0.25) is 0 Å². The molecule has 0 spiro atoms. The number of rotatable bonds is 5. The molecule has 0 aliphatic heterocycles. The average Bonchev–Trinajstić information content (AvgIpc) is 2.02. The van der Waals surface area contributed by atoms with Crippen LogP contribution >= 0.6 is 0 Å². The van der Waals surface area contributed by atoms with Crippen LogP contribution in [0.15, 0.2) is 0 Å². The molecule has 0 amide bonds. The molecule has 0 saturated carbocycles. The Hall–Kier alpha value is 0.866. The van der Waals surface area contributed by atoms with Crippen molar-refractivity contribution in [2.24, 2.45) is 0 Å². The number of carboxylic acid groups (broad SMARTS) is 1. The molecule has 4 nitrogen and oxygen atoms in total. The molecule has 0 aromatic heterocycles. The number of hydrogen-bond donors (Lipinski definition) is 1. The van der Waals surface area contributed by atoms with Crippen LogP contribution in [-0.2, 0) is 4.74 Å². The summed E-state index contributed by atoms with van der Waals surface area (Å²) in [7, 11) is 0. The first kappa shape index (κ1) is 17.3. The van der Waals surface area contributed by atoms with Gasteiger partial charge in [0.25, 0.3) is 6.16 Å². The standard InChI is InChI=1S/C9H18O4.K/c1-4-7(13-8(10)11)6-9(3,12)5-2;/h7,12H,4-6H2,1-3H3,(H,10,11);/q;+1/p-1. The van der Waals surface area contributed by atoms with E-state index in [0.29, 0.717) is 19.3 Å². The van der Waals surface area contributed by atoms with Crippen molar-refractivity contribution in [3.05, 3.63) is 0 Å². The summed E-state index contributed by atoms with van der Waals surface area (Å²) >= 11 is 0. The summed E-state index contributed by atoms with van der Waals surface area (Å²) in [5, 5.41) is 19.8. The smallest absolute Gasteiger partial charge is 0.546 e. The van der Waals surface area contributed by atoms with E-state index in [-0.39, 0.29) is 51.4 Å². The minimum Gasteiger partial charge on any atom is -0.546 e. The quantitative estimate of drug-likeness (QED) is 0.424. The van der Waals surface area contributed by atoms with E-state index >= 15 is 0 Å². The second-order valence-corrected chi connectivity index (χ2v) is 3.45. The Morgan fingerprint density at radius 2 is 2.07 bits per heavy atom. The number of ether oxygens (including phenoxy) is 1. The van der Waals surface area contributed by atoms with Gasteiger partial charge in [0, 0.05) is 6.10 Å². The minimum absolute atomic E-state index is 0. The van der Waals surface area contributed by atoms with Crippen molar-refractivity contribution in [3.8, 4) is 0 Å². The van der Waals surface area contributed by atoms with Crippen molar-refractivity contribution in [1.29, 1.82) is 0 Å². The molecule has 5 heteroatoms. The van der Waals surface area contributed by atoms with Crippen molar-refractivity contribution < 1.29 is 71.1 Å². The first-order valence-electron chi connectivity index (χ1n) is 4.51. The summed E-state index contributed by atoms with van der Waals surface area (Å²) < 4.78 is 4.48. The molecule has 0 radical (unpaired) electrons. The molecule has 0 fully saturated rings. The van der Waals surface area contributed by atoms with Gasteiger partial charge in [0.1, 0.15) is 0 Å². The summed E-state index contributed by atoms with van der Waals surface area (Å²) in [6, 6.07) is 0. The Labute approximate surface area is 127 Å². The van der Waals surface area contributed by atoms with Gasteiger partial charge < -0.3 is 19.7 Å². The maximum atomic E-state index is 10.1. The third kappa shape index (κ3) is 8.20. The van der Waals surface area contributed by atoms with Crippen LogP contribution in [0.25, 0.3) is 0 Å². The van der Waals surface area contributed by atoms with E-state index in [2.05, 4.69) is 4.74 Å². The molecule has 0 aromatic carbocycles. The largest absolute Gasteiger partial charge is 1.00 e. The van der Waals surface area contributed by atoms with Crippen LogP contribution in [0.3, 0.4) is 0 Å². The summed E-state index contributed by atoms with van der Waals surface area (Å²) in [4.78, 5) is 10.1. The Kier molecular flexibility index (Phi) is 9.95. The number of carbonyl (C=O) groups excluding carboxylic acids is 1. The molecule has 0 aromatic rings. The normalized spacial score (nSPS) is 16.3. The van der Waals surface area contributed by atoms with E-state index in [1.54, 1.807) is 13.8 Å². The van der Waals surface area contributed by atoms with Gasteiger partial charge in [-0.15, -0.1) is 0 Å². The van der Waals surface area contributed by atoms with Crippen LogP contribution in [0.2, 0.25) is 0 Å². The molecule has 0 heterocycles. The molecule has 14 heavy (non-hydrogen) atoms. The second kappa shape index (κ2) is 8.07. The fourth-order valence-electron chi connectivity index (χ4n) is 1.04. The maximum absolute atomic E-state index is 10.1. The topological polar surface area (TPSA) is 69.6 Å². The molecule has 0 saturated heterocycles. The summed E-state index contributed by atoms with van der Waals surface area (Å²) in [5.41, 5.74) is -0.865. The van der Waals surface area contributed by atoms with Crippen LogP contribution in [0.4, 0.5) is 4.79 Å². The van der Waals surface area contributed by atoms with E-state index in [1.807, 2.05) is 6.92 Å². The summed E-state index contributed by atoms with van der Waals surface area (Å²) in [5.74, 6) is 0. The maximum Gasteiger partial charge on any atom is 1.00 e. The molecule has 0 aliphatic carbocycles. The minimum atomic E-state index is -1.53. The molecule has 0 aliphatic rings. The fourth-order valence-corrected chi connectivity index (χ4v) is 1.04. The van der Waals surface area contributed by atoms with Gasteiger partial charge in [-0.3, -0.25) is 0 Å². The van der Waals surface area contributed by atoms with Crippen molar-refractivity contribution >= 4 is 6.16 Å². The molecule has 1 N–H and O–H groups in total. The third-order valence-corrected chi connectivity index (χ3v) is 2.15. The Bertz CT molecular complexity index is 170. The van der Waals surface area contributed by atoms with Gasteiger partial charge in [0.05, 0.1) is 5.60 Å². The molecule has 2 atom stereocenters. The van der Waals surface area contributed by atoms with Gasteiger partial charge >= 0.3 is 51.4 Å². The van der Waals surface area contributed by atoms with Crippen LogP contribution in [0.1, 0.15) is 40.0 Å². The number of aliphatic hydroxyl groups is 1. The van der Waals surface area contributed by atoms with Crippen LogP contribution in [0, 0.1) is 0 Å². The second-order valence-electron chi connectivity index (χ2n) is 3.45. The monoisotopic (exact) mass is 228 g/mol. The van der Waals surface area contributed by atoms with E-state index < -0.39 is 17.9 Å². The number of hydrogen-bond acceptors (Lipinski definition) is 4. The summed E-state index contributed by atoms with van der Waals surface area (Å²) in [6.07, 6.45) is -0.573. The van der Waals surface area contributed by atoms with Crippen LogP contribution < -0.4 is 56.5 Å². The van der Waals surface area contributed by atoms with E-state index in [9.17, 15) is 15.0 Å². The predicted octanol–water partition coefficient (Wildman–Crippen LogP) is -2.32. The van der Waals surface area contributed by atoms with E-state index in [0.717, 1.165) is 0 Å². The van der Waals surface area contributed by atoms with Crippen molar-refractivity contribution in [2.75, 3.05) is 0 Å². The molecular weight excluding hydrogens is 211 g/mol. The number of carbonyl (C=O) groups is 1. The van der Waals surface area contributed by atoms with E-state index in [4.69, 9.17) is 0 Å². The zero-order chi connectivity index (χ0) is 10.5. The zero-order valence-electron chi connectivity index (χ0n) is 9.37. The van der Waals surface area contributed by atoms with Crippen LogP contribution in [-0.4, -0.2) is 23.0 Å². The Balaban J connectivity index is 0. The first-order chi connectivity index (χ1) is 5.91. The van der Waals surface area contributed by atoms with Crippen molar-refractivity contribution in [2.45, 2.75) is 51.7 Å². The Morgan fingerprint density at radius 1 is 1.57 bits per heavy atom. The molecule has 78 valence electrons. The molecule has 0 bridgehead atoms. The Morgan fingerprint density at radius 3 is 2.36 bits per heavy atom. The molecule has 0 rings (SSSR count). The zero-order valence-corrected chi connectivity index (χ0v) is 12.5. The van der Waals surface area contributed by atoms with E-state index in [1.165, 1.54) is 0 Å². The first-order valence-corrected chi connectivity index (χ1v) is 4.51. The fraction of sp³-hybridized carbons (Fsp3) is 0.889. The van der Waals surface area contributed by atoms with Gasteiger partial charge in [-0.2, -0.15) is 0 Å². The van der Waals surface area contributed by atoms with Gasteiger partial charge in [-0.25, -0.2) is 0 Å². The average molecular weight is 228 g/mol. The summed E-state index contributed by atoms with van der Waals surface area (Å²) in [6.45, 7) is 5.30. The van der Waals surface area contributed by atoms with Crippen molar-refractivity contribution in [3.63, 3.8) is 0 Å². The van der Waals surface area contributed by atoms with Gasteiger partial charge in [-0.1, -0.05) is 13.8 Å². The van der Waals surface area contributed by atoms with Crippen LogP contribution in [0.5, 0.6) is 0 Å². The SMILES string of the molecule is CCC(CC(C)(O)CC)OC(=O)[O-].[K+]. The predicted molar refractivity (Wildman–Crippen MR) is 46.1 cm³/mol. The van der Waals surface area contributed by atoms with Gasteiger partial charge in [-0.05, 0) is 26.2 Å². The van der Waals surface area contributed by atoms with Crippen molar-refractivity contribution in [1.82, 2.24) is 0 Å². The van der Waals surface area contributed by atoms with Gasteiger partial charge in [0.15, 0.2) is 0 Å².